The maximum absolute atomic E-state index is 11.1. The largest absolute Gasteiger partial charge is 0.294 e. The van der Waals surface area contributed by atoms with Crippen molar-refractivity contribution in [1.82, 2.24) is 5.43 Å². The summed E-state index contributed by atoms with van der Waals surface area (Å²) in [5.74, 6) is 5.83. The average molecular weight is 278 g/mol. The van der Waals surface area contributed by atoms with Crippen LogP contribution in [0.15, 0.2) is 46.0 Å². The summed E-state index contributed by atoms with van der Waals surface area (Å²) < 4.78 is 1.32. The van der Waals surface area contributed by atoms with Gasteiger partial charge in [0.1, 0.15) is 0 Å². The molecule has 2 rings (SSSR count). The minimum absolute atomic E-state index is 0.171. The third-order valence-electron chi connectivity index (χ3n) is 2.42. The van der Waals surface area contributed by atoms with Crippen LogP contribution >= 0.6 is 23.1 Å². The Bertz CT molecular complexity index is 494. The Labute approximate surface area is 114 Å². The van der Waals surface area contributed by atoms with Gasteiger partial charge in [-0.2, -0.15) is 0 Å². The van der Waals surface area contributed by atoms with Crippen molar-refractivity contribution >= 4 is 29.0 Å². The lowest BCUT2D eigenvalue weighted by Crippen LogP contribution is -2.31. The number of nitrogens with one attached hydrogen (secondary N) is 1. The molecule has 0 bridgehead atoms. The number of thioether (sulfide) groups is 1. The molecule has 18 heavy (non-hydrogen) atoms. The Hall–Kier alpha value is -1.30. The van der Waals surface area contributed by atoms with E-state index >= 15 is 0 Å². The summed E-state index contributed by atoms with van der Waals surface area (Å²) in [5.41, 5.74) is 4.36. The molecule has 3 N–H and O–H groups in total. The van der Waals surface area contributed by atoms with Crippen LogP contribution in [0.3, 0.4) is 0 Å². The molecule has 1 aromatic heterocycles. The minimum Gasteiger partial charge on any atom is -0.294 e. The van der Waals surface area contributed by atoms with Gasteiger partial charge in [-0.3, -0.25) is 10.2 Å². The van der Waals surface area contributed by atoms with Gasteiger partial charge in [0.15, 0.2) is 0 Å². The molecule has 1 heterocycles. The molecule has 0 spiro atoms. The van der Waals surface area contributed by atoms with E-state index in [1.54, 1.807) is 11.3 Å². The molecule has 0 aliphatic heterocycles. The molecule has 0 saturated carbocycles. The fourth-order valence-corrected chi connectivity index (χ4v) is 3.23. The highest BCUT2D eigenvalue weighted by molar-refractivity contribution is 8.00. The van der Waals surface area contributed by atoms with Gasteiger partial charge in [0.25, 0.3) is 0 Å². The van der Waals surface area contributed by atoms with Gasteiger partial charge in [-0.25, -0.2) is 5.84 Å². The molecule has 0 aliphatic carbocycles. The van der Waals surface area contributed by atoms with Crippen molar-refractivity contribution in [3.63, 3.8) is 0 Å². The van der Waals surface area contributed by atoms with Gasteiger partial charge in [-0.15, -0.1) is 23.1 Å². The number of carbonyl (C=O) groups excluding carboxylic acids is 1. The van der Waals surface area contributed by atoms with E-state index in [0.717, 1.165) is 11.3 Å². The Kier molecular flexibility index (Phi) is 4.81. The van der Waals surface area contributed by atoms with E-state index in [2.05, 4.69) is 35.1 Å². The Morgan fingerprint density at radius 3 is 2.56 bits per heavy atom. The second kappa shape index (κ2) is 6.58. The summed E-state index contributed by atoms with van der Waals surface area (Å²) in [4.78, 5) is 11.1. The molecule has 0 fully saturated rings. The number of amides is 1. The molecule has 1 amide bonds. The van der Waals surface area contributed by atoms with Gasteiger partial charge in [-0.1, -0.05) is 30.3 Å². The SMILES string of the molecule is NNC(=O)Cc1ccc(CSc2cccs2)cc1. The van der Waals surface area contributed by atoms with Crippen molar-refractivity contribution in [3.8, 4) is 0 Å². The van der Waals surface area contributed by atoms with Crippen LogP contribution in [0, 0.1) is 0 Å². The molecule has 94 valence electrons. The van der Waals surface area contributed by atoms with Crippen LogP contribution in [0.25, 0.3) is 0 Å². The van der Waals surface area contributed by atoms with Crippen LogP contribution in [-0.2, 0) is 17.0 Å². The van der Waals surface area contributed by atoms with Crippen molar-refractivity contribution < 1.29 is 4.79 Å². The second-order valence-corrected chi connectivity index (χ2v) is 6.00. The molecular weight excluding hydrogens is 264 g/mol. The summed E-state index contributed by atoms with van der Waals surface area (Å²) in [6.07, 6.45) is 0.328. The summed E-state index contributed by atoms with van der Waals surface area (Å²) in [6, 6.07) is 12.2. The number of benzene rings is 1. The summed E-state index contributed by atoms with van der Waals surface area (Å²) in [6.45, 7) is 0. The predicted molar refractivity (Wildman–Crippen MR) is 76.4 cm³/mol. The third kappa shape index (κ3) is 3.87. The molecule has 0 atom stereocenters. The number of carbonyl (C=O) groups is 1. The van der Waals surface area contributed by atoms with E-state index in [1.165, 1.54) is 9.77 Å². The fraction of sp³-hybridized carbons (Fsp3) is 0.154. The molecule has 1 aromatic carbocycles. The van der Waals surface area contributed by atoms with Gasteiger partial charge < -0.3 is 0 Å². The van der Waals surface area contributed by atoms with Crippen molar-refractivity contribution in [2.45, 2.75) is 16.4 Å². The highest BCUT2D eigenvalue weighted by atomic mass is 32.2. The van der Waals surface area contributed by atoms with Crippen LogP contribution in [0.2, 0.25) is 0 Å². The number of thiophene rings is 1. The first-order chi connectivity index (χ1) is 8.78. The van der Waals surface area contributed by atoms with Gasteiger partial charge in [0, 0.05) is 5.75 Å². The molecule has 0 unspecified atom stereocenters. The van der Waals surface area contributed by atoms with Crippen LogP contribution in [0.4, 0.5) is 0 Å². The molecular formula is C13H14N2OS2. The summed E-state index contributed by atoms with van der Waals surface area (Å²) in [7, 11) is 0. The van der Waals surface area contributed by atoms with Crippen LogP contribution in [0.1, 0.15) is 11.1 Å². The summed E-state index contributed by atoms with van der Waals surface area (Å²) >= 11 is 3.58. The second-order valence-electron chi connectivity index (χ2n) is 3.78. The van der Waals surface area contributed by atoms with E-state index in [9.17, 15) is 4.79 Å². The molecule has 0 aliphatic rings. The van der Waals surface area contributed by atoms with Crippen LogP contribution in [-0.4, -0.2) is 5.91 Å². The maximum Gasteiger partial charge on any atom is 0.238 e. The molecule has 0 saturated heterocycles. The normalized spacial score (nSPS) is 10.3. The lowest BCUT2D eigenvalue weighted by atomic mass is 10.1. The van der Waals surface area contributed by atoms with Gasteiger partial charge in [0.2, 0.25) is 5.91 Å². The van der Waals surface area contributed by atoms with E-state index in [4.69, 9.17) is 5.84 Å². The average Bonchev–Trinajstić information content (AvgIpc) is 2.91. The molecule has 5 heteroatoms. The van der Waals surface area contributed by atoms with Gasteiger partial charge in [-0.05, 0) is 22.6 Å². The van der Waals surface area contributed by atoms with E-state index in [-0.39, 0.29) is 5.91 Å². The minimum atomic E-state index is -0.171. The van der Waals surface area contributed by atoms with E-state index in [0.29, 0.717) is 6.42 Å². The maximum atomic E-state index is 11.1. The zero-order chi connectivity index (χ0) is 12.8. The van der Waals surface area contributed by atoms with E-state index in [1.807, 2.05) is 23.9 Å². The summed E-state index contributed by atoms with van der Waals surface area (Å²) in [5, 5.41) is 2.08. The lowest BCUT2D eigenvalue weighted by molar-refractivity contribution is -0.120. The first-order valence-corrected chi connectivity index (χ1v) is 7.38. The Morgan fingerprint density at radius 2 is 1.94 bits per heavy atom. The fourth-order valence-electron chi connectivity index (χ4n) is 1.49. The van der Waals surface area contributed by atoms with Crippen molar-refractivity contribution in [2.75, 3.05) is 0 Å². The zero-order valence-corrected chi connectivity index (χ0v) is 11.4. The first kappa shape index (κ1) is 13.1. The number of hydrogen-bond acceptors (Lipinski definition) is 4. The third-order valence-corrected chi connectivity index (χ3v) is 4.63. The number of hydrazine groups is 1. The Morgan fingerprint density at radius 1 is 1.22 bits per heavy atom. The molecule has 2 aromatic rings. The van der Waals surface area contributed by atoms with E-state index < -0.39 is 0 Å². The monoisotopic (exact) mass is 278 g/mol. The number of rotatable bonds is 5. The first-order valence-electron chi connectivity index (χ1n) is 5.51. The Balaban J connectivity index is 1.89. The zero-order valence-electron chi connectivity index (χ0n) is 9.76. The van der Waals surface area contributed by atoms with Gasteiger partial charge in [0.05, 0.1) is 10.6 Å². The predicted octanol–water partition coefficient (Wildman–Crippen LogP) is 2.57. The van der Waals surface area contributed by atoms with Crippen molar-refractivity contribution in [3.05, 3.63) is 52.9 Å². The van der Waals surface area contributed by atoms with Crippen molar-refractivity contribution in [1.29, 1.82) is 0 Å². The van der Waals surface area contributed by atoms with Crippen LogP contribution < -0.4 is 11.3 Å². The standard InChI is InChI=1S/C13H14N2OS2/c14-15-12(16)8-10-3-5-11(6-4-10)9-18-13-2-1-7-17-13/h1-7H,8-9,14H2,(H,15,16). The van der Waals surface area contributed by atoms with Crippen molar-refractivity contribution in [2.24, 2.45) is 5.84 Å². The quantitative estimate of drug-likeness (QED) is 0.382. The van der Waals surface area contributed by atoms with Gasteiger partial charge >= 0.3 is 0 Å². The molecule has 3 nitrogen and oxygen atoms in total. The lowest BCUT2D eigenvalue weighted by Gasteiger charge is -2.03. The van der Waals surface area contributed by atoms with Crippen LogP contribution in [0.5, 0.6) is 0 Å². The number of nitrogens with two attached hydrogens (primary N) is 1. The smallest absolute Gasteiger partial charge is 0.238 e. The molecule has 0 radical (unpaired) electrons. The highest BCUT2D eigenvalue weighted by Gasteiger charge is 2.02. The topological polar surface area (TPSA) is 55.1 Å². The number of hydrogen-bond donors (Lipinski definition) is 2. The highest BCUT2D eigenvalue weighted by Crippen LogP contribution is 2.26.